The van der Waals surface area contributed by atoms with Gasteiger partial charge in [-0.15, -0.1) is 0 Å². The zero-order valence-electron chi connectivity index (χ0n) is 8.14. The number of hydrogen-bond acceptors (Lipinski definition) is 4. The summed E-state index contributed by atoms with van der Waals surface area (Å²) in [5.74, 6) is 0. The molecule has 82 valence electrons. The van der Waals surface area contributed by atoms with Crippen LogP contribution in [0.4, 0.5) is 5.69 Å². The van der Waals surface area contributed by atoms with E-state index in [4.69, 9.17) is 5.11 Å². The fraction of sp³-hybridized carbons (Fsp3) is 0.100. The Kier molecular flexibility index (Phi) is 2.41. The number of nitro benzene ring substituents is 1. The number of rotatable bonds is 2. The van der Waals surface area contributed by atoms with Gasteiger partial charge in [0.1, 0.15) is 5.52 Å². The zero-order valence-corrected chi connectivity index (χ0v) is 8.14. The van der Waals surface area contributed by atoms with Crippen molar-refractivity contribution in [2.24, 2.45) is 0 Å². The number of hydrogen-bond donors (Lipinski definition) is 2. The first kappa shape index (κ1) is 10.3. The van der Waals surface area contributed by atoms with Gasteiger partial charge in [-0.2, -0.15) is 0 Å². The molecule has 0 aliphatic carbocycles. The van der Waals surface area contributed by atoms with Gasteiger partial charge in [0.05, 0.1) is 11.5 Å². The number of aromatic nitrogens is 1. The van der Waals surface area contributed by atoms with Crippen LogP contribution in [0.5, 0.6) is 0 Å². The Morgan fingerprint density at radius 2 is 2.19 bits per heavy atom. The first-order chi connectivity index (χ1) is 7.63. The van der Waals surface area contributed by atoms with Gasteiger partial charge in [-0.25, -0.2) is 0 Å². The van der Waals surface area contributed by atoms with Crippen molar-refractivity contribution in [3.63, 3.8) is 0 Å². The number of H-pyrrole nitrogens is 1. The lowest BCUT2D eigenvalue weighted by Crippen LogP contribution is -2.08. The second-order valence-electron chi connectivity index (χ2n) is 3.27. The minimum Gasteiger partial charge on any atom is -0.392 e. The molecule has 0 saturated heterocycles. The fourth-order valence-corrected chi connectivity index (χ4v) is 1.62. The number of aromatic amines is 1. The number of non-ortho nitro benzene ring substituents is 1. The summed E-state index contributed by atoms with van der Waals surface area (Å²) in [6.07, 6.45) is 0. The molecule has 2 aromatic rings. The summed E-state index contributed by atoms with van der Waals surface area (Å²) in [4.78, 5) is 23.8. The molecule has 0 amide bonds. The highest BCUT2D eigenvalue weighted by molar-refractivity contribution is 5.89. The van der Waals surface area contributed by atoms with Gasteiger partial charge in [-0.05, 0) is 5.56 Å². The maximum atomic E-state index is 11.2. The first-order valence-electron chi connectivity index (χ1n) is 4.53. The van der Waals surface area contributed by atoms with Crippen molar-refractivity contribution < 1.29 is 10.0 Å². The number of pyridine rings is 1. The molecule has 1 heterocycles. The van der Waals surface area contributed by atoms with Crippen LogP contribution in [0.25, 0.3) is 10.9 Å². The molecule has 0 atom stereocenters. The number of nitro groups is 1. The van der Waals surface area contributed by atoms with Crippen LogP contribution >= 0.6 is 0 Å². The van der Waals surface area contributed by atoms with E-state index in [1.54, 1.807) is 6.07 Å². The van der Waals surface area contributed by atoms with Crippen molar-refractivity contribution in [3.8, 4) is 0 Å². The normalized spacial score (nSPS) is 10.6. The lowest BCUT2D eigenvalue weighted by atomic mass is 10.1. The van der Waals surface area contributed by atoms with E-state index in [-0.39, 0.29) is 17.8 Å². The minimum absolute atomic E-state index is 0.143. The Labute approximate surface area is 89.3 Å². The summed E-state index contributed by atoms with van der Waals surface area (Å²) in [7, 11) is 0. The molecular formula is C10H8N2O4. The molecule has 0 bridgehead atoms. The summed E-state index contributed by atoms with van der Waals surface area (Å²) in [6, 6.07) is 5.66. The third kappa shape index (κ3) is 1.55. The molecule has 0 aliphatic heterocycles. The Morgan fingerprint density at radius 3 is 2.81 bits per heavy atom. The SMILES string of the molecule is O=c1cc(CO)c2cccc([N+](=O)[O-])c2[nH]1. The quantitative estimate of drug-likeness (QED) is 0.581. The van der Waals surface area contributed by atoms with Crippen LogP contribution in [0.3, 0.4) is 0 Å². The Hall–Kier alpha value is -2.21. The number of fused-ring (bicyclic) bond motifs is 1. The van der Waals surface area contributed by atoms with E-state index >= 15 is 0 Å². The second-order valence-corrected chi connectivity index (χ2v) is 3.27. The van der Waals surface area contributed by atoms with Crippen LogP contribution in [0.1, 0.15) is 5.56 Å². The summed E-state index contributed by atoms with van der Waals surface area (Å²) >= 11 is 0. The lowest BCUT2D eigenvalue weighted by molar-refractivity contribution is -0.383. The van der Waals surface area contributed by atoms with Crippen molar-refractivity contribution in [3.05, 3.63) is 50.3 Å². The third-order valence-electron chi connectivity index (χ3n) is 2.31. The zero-order chi connectivity index (χ0) is 11.7. The van der Waals surface area contributed by atoms with Crippen molar-refractivity contribution in [2.75, 3.05) is 0 Å². The average Bonchev–Trinajstić information content (AvgIpc) is 2.26. The maximum absolute atomic E-state index is 11.2. The van der Waals surface area contributed by atoms with Crippen molar-refractivity contribution in [1.82, 2.24) is 4.98 Å². The van der Waals surface area contributed by atoms with Gasteiger partial charge in [0.25, 0.3) is 5.69 Å². The fourth-order valence-electron chi connectivity index (χ4n) is 1.62. The molecule has 6 heteroatoms. The molecule has 1 aromatic carbocycles. The Morgan fingerprint density at radius 1 is 1.44 bits per heavy atom. The molecule has 0 fully saturated rings. The number of benzene rings is 1. The van der Waals surface area contributed by atoms with E-state index in [0.29, 0.717) is 10.9 Å². The van der Waals surface area contributed by atoms with E-state index in [1.165, 1.54) is 18.2 Å². The van der Waals surface area contributed by atoms with Crippen LogP contribution in [-0.4, -0.2) is 15.0 Å². The molecule has 16 heavy (non-hydrogen) atoms. The van der Waals surface area contributed by atoms with Crippen LogP contribution in [0, 0.1) is 10.1 Å². The summed E-state index contributed by atoms with van der Waals surface area (Å²) in [5, 5.41) is 20.3. The molecule has 6 nitrogen and oxygen atoms in total. The predicted octanol–water partition coefficient (Wildman–Crippen LogP) is 0.929. The van der Waals surface area contributed by atoms with Crippen LogP contribution in [0.2, 0.25) is 0 Å². The van der Waals surface area contributed by atoms with Crippen molar-refractivity contribution in [2.45, 2.75) is 6.61 Å². The third-order valence-corrected chi connectivity index (χ3v) is 2.31. The molecule has 0 aliphatic rings. The Bertz CT molecular complexity index is 618. The van der Waals surface area contributed by atoms with Gasteiger partial charge < -0.3 is 10.1 Å². The first-order valence-corrected chi connectivity index (χ1v) is 4.53. The molecule has 0 unspecified atom stereocenters. The van der Waals surface area contributed by atoms with Crippen LogP contribution < -0.4 is 5.56 Å². The number of aliphatic hydroxyl groups excluding tert-OH is 1. The van der Waals surface area contributed by atoms with Gasteiger partial charge >= 0.3 is 0 Å². The average molecular weight is 220 g/mol. The molecule has 0 radical (unpaired) electrons. The highest BCUT2D eigenvalue weighted by Crippen LogP contribution is 2.24. The monoisotopic (exact) mass is 220 g/mol. The van der Waals surface area contributed by atoms with Gasteiger partial charge in [0.2, 0.25) is 5.56 Å². The molecule has 2 rings (SSSR count). The highest BCUT2D eigenvalue weighted by atomic mass is 16.6. The van der Waals surface area contributed by atoms with E-state index in [9.17, 15) is 14.9 Å². The number of nitrogens with one attached hydrogen (secondary N) is 1. The van der Waals surface area contributed by atoms with E-state index < -0.39 is 10.5 Å². The maximum Gasteiger partial charge on any atom is 0.293 e. The van der Waals surface area contributed by atoms with Gasteiger partial charge in [-0.1, -0.05) is 12.1 Å². The molecule has 0 saturated carbocycles. The van der Waals surface area contributed by atoms with E-state index in [2.05, 4.69) is 4.98 Å². The lowest BCUT2D eigenvalue weighted by Gasteiger charge is -2.03. The molecule has 1 aromatic heterocycles. The molecule has 0 spiro atoms. The Balaban J connectivity index is 2.93. The molecule has 2 N–H and O–H groups in total. The summed E-state index contributed by atoms with van der Waals surface area (Å²) in [6.45, 7) is -0.332. The molecular weight excluding hydrogens is 212 g/mol. The van der Waals surface area contributed by atoms with Crippen molar-refractivity contribution >= 4 is 16.6 Å². The minimum atomic E-state index is -0.570. The largest absolute Gasteiger partial charge is 0.392 e. The highest BCUT2D eigenvalue weighted by Gasteiger charge is 2.14. The van der Waals surface area contributed by atoms with Crippen LogP contribution in [-0.2, 0) is 6.61 Å². The second kappa shape index (κ2) is 3.74. The standard InChI is InChI=1S/C10H8N2O4/c13-5-6-4-9(14)11-10-7(6)2-1-3-8(10)12(15)16/h1-4,13H,5H2,(H,11,14). The van der Waals surface area contributed by atoms with Gasteiger partial charge in [-0.3, -0.25) is 14.9 Å². The van der Waals surface area contributed by atoms with E-state index in [1.807, 2.05) is 0 Å². The number of aliphatic hydroxyl groups is 1. The van der Waals surface area contributed by atoms with E-state index in [0.717, 1.165) is 0 Å². The topological polar surface area (TPSA) is 96.2 Å². The smallest absolute Gasteiger partial charge is 0.293 e. The van der Waals surface area contributed by atoms with Crippen LogP contribution in [0.15, 0.2) is 29.1 Å². The van der Waals surface area contributed by atoms with Gasteiger partial charge in [0, 0.05) is 17.5 Å². The number of nitrogens with zero attached hydrogens (tertiary/aromatic N) is 1. The van der Waals surface area contributed by atoms with Crippen molar-refractivity contribution in [1.29, 1.82) is 0 Å². The predicted molar refractivity (Wildman–Crippen MR) is 57.1 cm³/mol. The van der Waals surface area contributed by atoms with Gasteiger partial charge in [0.15, 0.2) is 0 Å². The number of para-hydroxylation sites is 1. The summed E-state index contributed by atoms with van der Waals surface area (Å²) in [5.41, 5.74) is -0.123. The summed E-state index contributed by atoms with van der Waals surface area (Å²) < 4.78 is 0.